The van der Waals surface area contributed by atoms with Gasteiger partial charge in [0.15, 0.2) is 0 Å². The van der Waals surface area contributed by atoms with Gasteiger partial charge >= 0.3 is 40.4 Å². The minimum absolute atomic E-state index is 0.485. The number of benzene rings is 4. The molecule has 0 saturated carbocycles. The zero-order valence-corrected chi connectivity index (χ0v) is 24.4. The van der Waals surface area contributed by atoms with Crippen LogP contribution in [-0.2, 0) is 19.7 Å². The van der Waals surface area contributed by atoms with Crippen LogP contribution in [0.15, 0.2) is 146 Å². The van der Waals surface area contributed by atoms with Gasteiger partial charge in [-0.25, -0.2) is 0 Å². The second-order valence-electron chi connectivity index (χ2n) is 7.24. The number of hydrogen-bond donors (Lipinski definition) is 0. The van der Waals surface area contributed by atoms with E-state index in [1.807, 2.05) is 0 Å². The van der Waals surface area contributed by atoms with Crippen molar-refractivity contribution in [2.75, 3.05) is 0 Å². The fraction of sp³-hybridized carbons (Fsp3) is 0. The first kappa shape index (κ1) is 26.6. The van der Waals surface area contributed by atoms with Crippen molar-refractivity contribution >= 4 is 62.2 Å². The van der Waals surface area contributed by atoms with Crippen molar-refractivity contribution in [1.29, 1.82) is 0 Å². The van der Waals surface area contributed by atoms with Crippen LogP contribution in [0.25, 0.3) is 21.5 Å². The van der Waals surface area contributed by atoms with Gasteiger partial charge in [-0.3, -0.25) is 0 Å². The molecule has 0 aliphatic rings. The van der Waals surface area contributed by atoms with Crippen molar-refractivity contribution in [3.8, 4) is 0 Å². The molecule has 0 aliphatic carbocycles. The average Bonchev–Trinajstić information content (AvgIpc) is 3.56. The molecule has 2 radical (unpaired) electrons. The van der Waals surface area contributed by atoms with E-state index in [1.165, 1.54) is 31.9 Å². The van der Waals surface area contributed by atoms with Crippen LogP contribution in [-0.4, -0.2) is 9.52 Å². The van der Waals surface area contributed by atoms with Gasteiger partial charge in [-0.2, -0.15) is 35.0 Å². The first-order valence-corrected chi connectivity index (χ1v) is 20.6. The monoisotopic (exact) mass is 616 g/mol. The van der Waals surface area contributed by atoms with Crippen LogP contribution >= 0.6 is 20.7 Å². The number of halogens is 2. The Morgan fingerprint density at radius 1 is 0.529 bits per heavy atom. The quantitative estimate of drug-likeness (QED) is 0.136. The largest absolute Gasteiger partial charge is 0.168 e. The SMILES string of the molecule is [Cl][Zr+2][Br].c1ccc([Si]c2ccccc2)cc1.c1ccc2[cH-]ccc2c1.c1ccc2[cH-]ccc2c1. The van der Waals surface area contributed by atoms with Gasteiger partial charge in [0, 0.05) is 0 Å². The summed E-state index contributed by atoms with van der Waals surface area (Å²) in [5.41, 5.74) is 0. The van der Waals surface area contributed by atoms with E-state index in [-0.39, 0.29) is 0 Å². The molecule has 0 heterocycles. The maximum Gasteiger partial charge on any atom is 0.121 e. The molecule has 0 amide bonds. The van der Waals surface area contributed by atoms with E-state index >= 15 is 0 Å². The Morgan fingerprint density at radius 2 is 0.882 bits per heavy atom. The van der Waals surface area contributed by atoms with Gasteiger partial charge in [-0.1, -0.05) is 83.2 Å². The maximum atomic E-state index is 5.09. The summed E-state index contributed by atoms with van der Waals surface area (Å²) in [6.45, 7) is 0. The molecule has 0 fully saturated rings. The normalized spacial score (nSPS) is 9.47. The fourth-order valence-corrected chi connectivity index (χ4v) is 4.40. The van der Waals surface area contributed by atoms with Gasteiger partial charge in [-0.05, 0) is 0 Å². The molecule has 0 bridgehead atoms. The molecule has 0 spiro atoms. The summed E-state index contributed by atoms with van der Waals surface area (Å²) in [5, 5.41) is 8.12. The van der Waals surface area contributed by atoms with E-state index < -0.39 is 19.7 Å². The zero-order valence-electron chi connectivity index (χ0n) is 18.6. The first-order chi connectivity index (χ1) is 16.8. The smallest absolute Gasteiger partial charge is 0.121 e. The zero-order chi connectivity index (χ0) is 23.8. The molecule has 0 saturated heterocycles. The third-order valence-corrected chi connectivity index (χ3v) is 6.18. The summed E-state index contributed by atoms with van der Waals surface area (Å²) in [6.07, 6.45) is 0. The van der Waals surface area contributed by atoms with Crippen molar-refractivity contribution in [2.45, 2.75) is 0 Å². The standard InChI is InChI=1S/C12H10Si.2C9H7.BrH.ClH.Zr/c1-3-7-11(8-4-1)13-12-9-5-2-6-10-12;2*1-2-5-9-7-3-6-8(9)4-1;;;/h1-10H;2*1-7H;2*1H;/q;2*-1;;;+4/p-2. The Bertz CT molecular complexity index is 1170. The van der Waals surface area contributed by atoms with Crippen LogP contribution in [0.1, 0.15) is 0 Å². The summed E-state index contributed by atoms with van der Waals surface area (Å²) >= 11 is 2.60. The van der Waals surface area contributed by atoms with Crippen LogP contribution in [0.2, 0.25) is 0 Å². The summed E-state index contributed by atoms with van der Waals surface area (Å²) in [5.74, 6) is 0. The van der Waals surface area contributed by atoms with Gasteiger partial charge in [0.25, 0.3) is 0 Å². The molecule has 34 heavy (non-hydrogen) atoms. The van der Waals surface area contributed by atoms with Crippen LogP contribution in [0.4, 0.5) is 0 Å². The molecule has 0 aliphatic heterocycles. The van der Waals surface area contributed by atoms with Crippen molar-refractivity contribution in [3.63, 3.8) is 0 Å². The molecule has 0 atom stereocenters. The summed E-state index contributed by atoms with van der Waals surface area (Å²) < 4.78 is 0. The van der Waals surface area contributed by atoms with Crippen molar-refractivity contribution in [1.82, 2.24) is 0 Å². The van der Waals surface area contributed by atoms with E-state index in [0.29, 0.717) is 0 Å². The Kier molecular flexibility index (Phi) is 12.3. The number of fused-ring (bicyclic) bond motifs is 2. The number of rotatable bonds is 2. The van der Waals surface area contributed by atoms with Crippen molar-refractivity contribution in [3.05, 3.63) is 146 Å². The Hall–Kier alpha value is -2.03. The van der Waals surface area contributed by atoms with Crippen LogP contribution in [0.5, 0.6) is 0 Å². The van der Waals surface area contributed by atoms with Gasteiger partial charge in [0.1, 0.15) is 9.52 Å². The Balaban J connectivity index is 0.000000138. The molecule has 0 unspecified atom stereocenters. The topological polar surface area (TPSA) is 0 Å². The van der Waals surface area contributed by atoms with E-state index in [4.69, 9.17) is 8.51 Å². The summed E-state index contributed by atoms with van der Waals surface area (Å²) in [4.78, 5) is 0. The molecule has 6 aromatic rings. The number of hydrogen-bond acceptors (Lipinski definition) is 0. The Labute approximate surface area is 225 Å². The minimum Gasteiger partial charge on any atom is -0.168 e. The molecule has 6 aromatic carbocycles. The van der Waals surface area contributed by atoms with Gasteiger partial charge in [0.05, 0.1) is 0 Å². The van der Waals surface area contributed by atoms with Gasteiger partial charge in [-0.15, -0.1) is 59.3 Å². The van der Waals surface area contributed by atoms with Gasteiger partial charge in [0.2, 0.25) is 0 Å². The average molecular weight is 619 g/mol. The molecule has 0 nitrogen and oxygen atoms in total. The molecule has 0 N–H and O–H groups in total. The van der Waals surface area contributed by atoms with E-state index in [0.717, 1.165) is 9.52 Å². The predicted octanol–water partition coefficient (Wildman–Crippen LogP) is 7.99. The van der Waals surface area contributed by atoms with Crippen molar-refractivity contribution in [2.24, 2.45) is 0 Å². The second kappa shape index (κ2) is 15.8. The third kappa shape index (κ3) is 9.31. The van der Waals surface area contributed by atoms with E-state index in [2.05, 4.69) is 158 Å². The molecule has 6 rings (SSSR count). The van der Waals surface area contributed by atoms with Crippen LogP contribution < -0.4 is 10.4 Å². The fourth-order valence-electron chi connectivity index (χ4n) is 3.35. The Morgan fingerprint density at radius 3 is 1.26 bits per heavy atom. The van der Waals surface area contributed by atoms with E-state index in [9.17, 15) is 0 Å². The summed E-state index contributed by atoms with van der Waals surface area (Å²) in [7, 11) is 5.86. The molecule has 166 valence electrons. The van der Waals surface area contributed by atoms with Crippen molar-refractivity contribution < 1.29 is 19.7 Å². The first-order valence-electron chi connectivity index (χ1n) is 10.8. The minimum atomic E-state index is -0.485. The van der Waals surface area contributed by atoms with Gasteiger partial charge < -0.3 is 0 Å². The summed E-state index contributed by atoms with van der Waals surface area (Å²) in [6, 6.07) is 50.5. The van der Waals surface area contributed by atoms with Crippen LogP contribution in [0, 0.1) is 0 Å². The van der Waals surface area contributed by atoms with Crippen LogP contribution in [0.3, 0.4) is 0 Å². The predicted molar refractivity (Wildman–Crippen MR) is 152 cm³/mol. The molecular weight excluding hydrogens is 595 g/mol. The molecule has 4 heteroatoms. The second-order valence-corrected chi connectivity index (χ2v) is 15.2. The third-order valence-electron chi connectivity index (χ3n) is 4.93. The molecule has 0 aromatic heterocycles. The van der Waals surface area contributed by atoms with E-state index in [1.54, 1.807) is 0 Å². The maximum absolute atomic E-state index is 5.09. The molecular formula is C30H24BrClSiZr.